The standard InChI is InChI=1S/C13H15NO3S/c15-18(16)9-4-12-11(2-1-3-13(12)18)10-14-5-7-17-8-6-14/h1-4,9H,5-8,10H2. The van der Waals surface area contributed by atoms with Crippen LogP contribution in [0.5, 0.6) is 0 Å². The maximum absolute atomic E-state index is 11.8. The van der Waals surface area contributed by atoms with Crippen LogP contribution in [0, 0.1) is 0 Å². The molecule has 0 saturated carbocycles. The van der Waals surface area contributed by atoms with Crippen molar-refractivity contribution in [2.45, 2.75) is 11.4 Å². The molecule has 0 aromatic heterocycles. The molecule has 0 atom stereocenters. The Kier molecular flexibility index (Phi) is 2.97. The van der Waals surface area contributed by atoms with Crippen molar-refractivity contribution in [1.29, 1.82) is 0 Å². The van der Waals surface area contributed by atoms with Crippen LogP contribution in [0.3, 0.4) is 0 Å². The van der Waals surface area contributed by atoms with Gasteiger partial charge in [0, 0.05) is 25.0 Å². The van der Waals surface area contributed by atoms with Gasteiger partial charge in [-0.3, -0.25) is 4.90 Å². The van der Waals surface area contributed by atoms with Gasteiger partial charge in [0.05, 0.1) is 18.1 Å². The molecular formula is C13H15NO3S. The second-order valence-electron chi connectivity index (χ2n) is 4.57. The first-order valence-electron chi connectivity index (χ1n) is 6.02. The first-order chi connectivity index (χ1) is 8.67. The maximum Gasteiger partial charge on any atom is 0.200 e. The fourth-order valence-electron chi connectivity index (χ4n) is 2.40. The summed E-state index contributed by atoms with van der Waals surface area (Å²) in [4.78, 5) is 2.73. The highest BCUT2D eigenvalue weighted by atomic mass is 32.2. The lowest BCUT2D eigenvalue weighted by atomic mass is 10.1. The molecule has 0 spiro atoms. The van der Waals surface area contributed by atoms with Crippen molar-refractivity contribution in [3.05, 3.63) is 34.7 Å². The van der Waals surface area contributed by atoms with Gasteiger partial charge in [0.25, 0.3) is 0 Å². The highest BCUT2D eigenvalue weighted by Gasteiger charge is 2.23. The number of benzene rings is 1. The van der Waals surface area contributed by atoms with Crippen molar-refractivity contribution >= 4 is 15.9 Å². The second kappa shape index (κ2) is 4.50. The fraction of sp³-hybridized carbons (Fsp3) is 0.385. The summed E-state index contributed by atoms with van der Waals surface area (Å²) in [6.07, 6.45) is 1.71. The van der Waals surface area contributed by atoms with Gasteiger partial charge < -0.3 is 4.74 Å². The molecule has 4 nitrogen and oxygen atoms in total. The molecule has 0 bridgehead atoms. The topological polar surface area (TPSA) is 46.6 Å². The summed E-state index contributed by atoms with van der Waals surface area (Å²) in [6.45, 7) is 4.10. The third-order valence-electron chi connectivity index (χ3n) is 3.37. The molecular weight excluding hydrogens is 250 g/mol. The first-order valence-corrected chi connectivity index (χ1v) is 7.57. The number of nitrogens with zero attached hydrogens (tertiary/aromatic N) is 1. The zero-order chi connectivity index (χ0) is 12.6. The van der Waals surface area contributed by atoms with Gasteiger partial charge in [-0.2, -0.15) is 0 Å². The van der Waals surface area contributed by atoms with E-state index in [2.05, 4.69) is 4.90 Å². The van der Waals surface area contributed by atoms with E-state index in [0.29, 0.717) is 4.90 Å². The summed E-state index contributed by atoms with van der Waals surface area (Å²) < 4.78 is 28.9. The van der Waals surface area contributed by atoms with E-state index in [0.717, 1.165) is 44.0 Å². The minimum Gasteiger partial charge on any atom is -0.379 e. The van der Waals surface area contributed by atoms with Crippen LogP contribution in [0.25, 0.3) is 6.08 Å². The largest absolute Gasteiger partial charge is 0.379 e. The van der Waals surface area contributed by atoms with Gasteiger partial charge in [-0.15, -0.1) is 0 Å². The van der Waals surface area contributed by atoms with Crippen molar-refractivity contribution in [3.8, 4) is 0 Å². The lowest BCUT2D eigenvalue weighted by molar-refractivity contribution is 0.0341. The van der Waals surface area contributed by atoms with Gasteiger partial charge in [0.1, 0.15) is 0 Å². The molecule has 0 aliphatic carbocycles. The van der Waals surface area contributed by atoms with Gasteiger partial charge in [-0.25, -0.2) is 8.42 Å². The summed E-state index contributed by atoms with van der Waals surface area (Å²) in [5.41, 5.74) is 1.93. The Bertz CT molecular complexity index is 586. The summed E-state index contributed by atoms with van der Waals surface area (Å²) in [7, 11) is -3.19. The summed E-state index contributed by atoms with van der Waals surface area (Å²) in [5.74, 6) is 0. The molecule has 0 unspecified atom stereocenters. The minimum absolute atomic E-state index is 0.438. The Morgan fingerprint density at radius 2 is 2.00 bits per heavy atom. The van der Waals surface area contributed by atoms with Crippen molar-refractivity contribution in [2.75, 3.05) is 26.3 Å². The van der Waals surface area contributed by atoms with E-state index in [1.807, 2.05) is 12.1 Å². The molecule has 1 aromatic rings. The Balaban J connectivity index is 1.90. The van der Waals surface area contributed by atoms with Gasteiger partial charge in [0.15, 0.2) is 9.84 Å². The zero-order valence-electron chi connectivity index (χ0n) is 10.0. The van der Waals surface area contributed by atoms with Crippen molar-refractivity contribution < 1.29 is 13.2 Å². The van der Waals surface area contributed by atoms with E-state index in [-0.39, 0.29) is 0 Å². The number of rotatable bonds is 2. The third kappa shape index (κ3) is 2.09. The van der Waals surface area contributed by atoms with Crippen LogP contribution < -0.4 is 0 Å². The molecule has 2 aliphatic heterocycles. The molecule has 96 valence electrons. The predicted molar refractivity (Wildman–Crippen MR) is 68.8 cm³/mol. The molecule has 1 aromatic carbocycles. The van der Waals surface area contributed by atoms with Crippen LogP contribution in [0.2, 0.25) is 0 Å². The minimum atomic E-state index is -3.19. The molecule has 5 heteroatoms. The Morgan fingerprint density at radius 3 is 2.78 bits per heavy atom. The third-order valence-corrected chi connectivity index (χ3v) is 4.84. The number of morpholine rings is 1. The number of ether oxygens (including phenoxy) is 1. The monoisotopic (exact) mass is 265 g/mol. The van der Waals surface area contributed by atoms with Crippen LogP contribution in [-0.2, 0) is 21.1 Å². The molecule has 1 saturated heterocycles. The van der Waals surface area contributed by atoms with E-state index < -0.39 is 9.84 Å². The van der Waals surface area contributed by atoms with Crippen LogP contribution in [0.1, 0.15) is 11.1 Å². The fourth-order valence-corrected chi connectivity index (χ4v) is 3.63. The molecule has 0 N–H and O–H groups in total. The van der Waals surface area contributed by atoms with Gasteiger partial charge in [0.2, 0.25) is 0 Å². The highest BCUT2D eigenvalue weighted by molar-refractivity contribution is 7.94. The summed E-state index contributed by atoms with van der Waals surface area (Å²) >= 11 is 0. The number of hydrogen-bond donors (Lipinski definition) is 0. The number of fused-ring (bicyclic) bond motifs is 1. The van der Waals surface area contributed by atoms with E-state index >= 15 is 0 Å². The SMILES string of the molecule is O=S1(=O)C=Cc2c(CN3CCOCC3)cccc21. The summed E-state index contributed by atoms with van der Waals surface area (Å²) in [6, 6.07) is 5.49. The van der Waals surface area contributed by atoms with Gasteiger partial charge in [-0.05, 0) is 23.3 Å². The zero-order valence-corrected chi connectivity index (χ0v) is 10.8. The lowest BCUT2D eigenvalue weighted by Crippen LogP contribution is -2.35. The van der Waals surface area contributed by atoms with Crippen molar-refractivity contribution in [2.24, 2.45) is 0 Å². The van der Waals surface area contributed by atoms with Crippen molar-refractivity contribution in [3.63, 3.8) is 0 Å². The molecule has 3 rings (SSSR count). The average molecular weight is 265 g/mol. The molecule has 2 aliphatic rings. The van der Waals surface area contributed by atoms with Gasteiger partial charge >= 0.3 is 0 Å². The molecule has 1 fully saturated rings. The van der Waals surface area contributed by atoms with E-state index in [1.165, 1.54) is 5.41 Å². The van der Waals surface area contributed by atoms with Crippen LogP contribution in [-0.4, -0.2) is 39.6 Å². The Labute approximate surface area is 107 Å². The number of sulfone groups is 1. The van der Waals surface area contributed by atoms with Crippen LogP contribution >= 0.6 is 0 Å². The van der Waals surface area contributed by atoms with Crippen molar-refractivity contribution in [1.82, 2.24) is 4.90 Å². The van der Waals surface area contributed by atoms with Crippen LogP contribution in [0.4, 0.5) is 0 Å². The highest BCUT2D eigenvalue weighted by Crippen LogP contribution is 2.30. The molecule has 0 amide bonds. The van der Waals surface area contributed by atoms with Crippen LogP contribution in [0.15, 0.2) is 28.5 Å². The number of hydrogen-bond acceptors (Lipinski definition) is 4. The Hall–Kier alpha value is -1.17. The Morgan fingerprint density at radius 1 is 1.22 bits per heavy atom. The normalized spacial score (nSPS) is 22.0. The smallest absolute Gasteiger partial charge is 0.200 e. The van der Waals surface area contributed by atoms with E-state index in [9.17, 15) is 8.42 Å². The lowest BCUT2D eigenvalue weighted by Gasteiger charge is -2.27. The molecule has 18 heavy (non-hydrogen) atoms. The first kappa shape index (κ1) is 11.9. The maximum atomic E-state index is 11.8. The summed E-state index contributed by atoms with van der Waals surface area (Å²) in [5, 5.41) is 1.29. The van der Waals surface area contributed by atoms with Gasteiger partial charge in [-0.1, -0.05) is 12.1 Å². The average Bonchev–Trinajstić information content (AvgIpc) is 2.68. The van der Waals surface area contributed by atoms with E-state index in [4.69, 9.17) is 4.74 Å². The second-order valence-corrected chi connectivity index (χ2v) is 6.37. The van der Waals surface area contributed by atoms with E-state index in [1.54, 1.807) is 12.1 Å². The molecule has 0 radical (unpaired) electrons. The molecule has 2 heterocycles. The predicted octanol–water partition coefficient (Wildman–Crippen LogP) is 1.28. The quantitative estimate of drug-likeness (QED) is 0.808.